The minimum atomic E-state index is -0.232. The number of rotatable bonds is 5. The molecule has 0 aromatic heterocycles. The Balaban J connectivity index is 1.40. The van der Waals surface area contributed by atoms with Gasteiger partial charge in [-0.1, -0.05) is 60.7 Å². The second-order valence-electron chi connectivity index (χ2n) is 9.74. The molecule has 0 spiro atoms. The maximum Gasteiger partial charge on any atom is 0.311 e. The average Bonchev–Trinajstić information content (AvgIpc) is 3.56. The molecule has 6 rings (SSSR count). The molecule has 39 heavy (non-hydrogen) atoms. The van der Waals surface area contributed by atoms with Gasteiger partial charge in [0.2, 0.25) is 0 Å². The SMILES string of the molecule is COc1ccc(C2CC(c3ccc4ccccc4c3)=NN2C2=NC(=O)S/C2=C\c2ccc(N(C)C)cc2)cc1. The molecule has 0 fully saturated rings. The summed E-state index contributed by atoms with van der Waals surface area (Å²) in [6.45, 7) is 0. The van der Waals surface area contributed by atoms with E-state index >= 15 is 0 Å². The van der Waals surface area contributed by atoms with Crippen LogP contribution in [0.3, 0.4) is 0 Å². The lowest BCUT2D eigenvalue weighted by Crippen LogP contribution is -2.26. The molecule has 1 unspecified atom stereocenters. The zero-order chi connectivity index (χ0) is 26.9. The van der Waals surface area contributed by atoms with Crippen molar-refractivity contribution in [2.75, 3.05) is 26.1 Å². The van der Waals surface area contributed by atoms with Gasteiger partial charge in [0, 0.05) is 26.2 Å². The standard InChI is InChI=1S/C32H28N4O2S/c1-35(2)26-14-8-21(9-15-26)18-30-31(33-32(37)39-30)36-29(23-12-16-27(38-3)17-13-23)20-28(34-36)25-11-10-22-6-4-5-7-24(22)19-25/h4-19,29H,20H2,1-3H3/b30-18-. The van der Waals surface area contributed by atoms with Gasteiger partial charge in [-0.2, -0.15) is 10.1 Å². The number of carbonyl (C=O) groups is 1. The average molecular weight is 533 g/mol. The van der Waals surface area contributed by atoms with Crippen LogP contribution in [0.4, 0.5) is 10.5 Å². The number of methoxy groups -OCH3 is 1. The van der Waals surface area contributed by atoms with E-state index in [1.165, 1.54) is 10.8 Å². The van der Waals surface area contributed by atoms with Gasteiger partial charge in [-0.3, -0.25) is 4.79 Å². The first-order chi connectivity index (χ1) is 19.0. The van der Waals surface area contributed by atoms with Crippen LogP contribution < -0.4 is 9.64 Å². The molecule has 6 nitrogen and oxygen atoms in total. The molecule has 2 aliphatic rings. The summed E-state index contributed by atoms with van der Waals surface area (Å²) >= 11 is 1.15. The molecule has 0 saturated heterocycles. The zero-order valence-electron chi connectivity index (χ0n) is 22.0. The predicted molar refractivity (Wildman–Crippen MR) is 162 cm³/mol. The summed E-state index contributed by atoms with van der Waals surface area (Å²) in [5.74, 6) is 1.38. The Bertz CT molecular complexity index is 1640. The Labute approximate surface area is 232 Å². The van der Waals surface area contributed by atoms with Crippen molar-refractivity contribution in [3.05, 3.63) is 113 Å². The molecule has 0 N–H and O–H groups in total. The monoisotopic (exact) mass is 532 g/mol. The topological polar surface area (TPSA) is 57.5 Å². The summed E-state index contributed by atoms with van der Waals surface area (Å²) in [4.78, 5) is 19.9. The van der Waals surface area contributed by atoms with E-state index in [1.54, 1.807) is 7.11 Å². The van der Waals surface area contributed by atoms with Crippen LogP contribution >= 0.6 is 11.8 Å². The highest BCUT2D eigenvalue weighted by atomic mass is 32.2. The molecular formula is C32H28N4O2S. The number of aliphatic imine (C=N–C) groups is 1. The lowest BCUT2D eigenvalue weighted by atomic mass is 9.97. The van der Waals surface area contributed by atoms with E-state index in [4.69, 9.17) is 9.84 Å². The highest BCUT2D eigenvalue weighted by molar-refractivity contribution is 8.18. The second-order valence-corrected chi connectivity index (χ2v) is 10.7. The lowest BCUT2D eigenvalue weighted by molar-refractivity contribution is 0.267. The summed E-state index contributed by atoms with van der Waals surface area (Å²) in [5, 5.41) is 9.13. The third-order valence-electron chi connectivity index (χ3n) is 7.03. The number of amidine groups is 1. The molecule has 2 aliphatic heterocycles. The molecule has 7 heteroatoms. The summed E-state index contributed by atoms with van der Waals surface area (Å²) in [6.07, 6.45) is 2.70. The summed E-state index contributed by atoms with van der Waals surface area (Å²) < 4.78 is 5.38. The fourth-order valence-corrected chi connectivity index (χ4v) is 5.66. The number of amides is 1. The van der Waals surface area contributed by atoms with Crippen molar-refractivity contribution in [2.24, 2.45) is 10.1 Å². The Morgan fingerprint density at radius 2 is 1.69 bits per heavy atom. The minimum Gasteiger partial charge on any atom is -0.497 e. The third kappa shape index (κ3) is 5.05. The molecular weight excluding hydrogens is 504 g/mol. The maximum absolute atomic E-state index is 12.6. The van der Waals surface area contributed by atoms with Gasteiger partial charge in [0.25, 0.3) is 0 Å². The van der Waals surface area contributed by atoms with Crippen LogP contribution in [0.2, 0.25) is 0 Å². The van der Waals surface area contributed by atoms with Crippen LogP contribution in [0.5, 0.6) is 5.75 Å². The fourth-order valence-electron chi connectivity index (χ4n) is 4.92. The highest BCUT2D eigenvalue weighted by Gasteiger charge is 2.37. The van der Waals surface area contributed by atoms with Crippen molar-refractivity contribution in [1.82, 2.24) is 5.01 Å². The molecule has 4 aromatic carbocycles. The quantitative estimate of drug-likeness (QED) is 0.269. The molecule has 0 aliphatic carbocycles. The number of hydrazone groups is 1. The minimum absolute atomic E-state index is 0.109. The third-order valence-corrected chi connectivity index (χ3v) is 7.82. The van der Waals surface area contributed by atoms with E-state index in [2.05, 4.69) is 76.6 Å². The van der Waals surface area contributed by atoms with E-state index in [0.717, 1.165) is 50.5 Å². The van der Waals surface area contributed by atoms with Crippen LogP contribution in [0, 0.1) is 0 Å². The molecule has 194 valence electrons. The van der Waals surface area contributed by atoms with Crippen molar-refractivity contribution < 1.29 is 9.53 Å². The van der Waals surface area contributed by atoms with E-state index in [9.17, 15) is 4.79 Å². The number of hydrogen-bond donors (Lipinski definition) is 0. The van der Waals surface area contributed by atoms with Gasteiger partial charge in [-0.15, -0.1) is 0 Å². The molecule has 1 atom stereocenters. The molecule has 0 bridgehead atoms. The molecule has 0 saturated carbocycles. The van der Waals surface area contributed by atoms with Gasteiger partial charge in [-0.05, 0) is 75.6 Å². The number of thioether (sulfide) groups is 1. The van der Waals surface area contributed by atoms with E-state index < -0.39 is 0 Å². The Hall–Kier alpha value is -4.36. The molecule has 0 radical (unpaired) electrons. The van der Waals surface area contributed by atoms with Gasteiger partial charge in [0.1, 0.15) is 5.75 Å². The number of fused-ring (bicyclic) bond motifs is 1. The van der Waals surface area contributed by atoms with Crippen LogP contribution in [0.15, 0.2) is 106 Å². The number of hydrogen-bond acceptors (Lipinski definition) is 6. The number of carbonyl (C=O) groups excluding carboxylic acids is 1. The van der Waals surface area contributed by atoms with Crippen LogP contribution in [0.1, 0.15) is 29.2 Å². The van der Waals surface area contributed by atoms with Crippen molar-refractivity contribution in [3.8, 4) is 5.75 Å². The zero-order valence-corrected chi connectivity index (χ0v) is 22.9. The second kappa shape index (κ2) is 10.4. The predicted octanol–water partition coefficient (Wildman–Crippen LogP) is 7.37. The van der Waals surface area contributed by atoms with E-state index in [0.29, 0.717) is 12.3 Å². The summed E-state index contributed by atoms with van der Waals surface area (Å²) in [7, 11) is 5.69. The van der Waals surface area contributed by atoms with Gasteiger partial charge in [0.15, 0.2) is 5.84 Å². The van der Waals surface area contributed by atoms with Gasteiger partial charge in [-0.25, -0.2) is 5.01 Å². The largest absolute Gasteiger partial charge is 0.497 e. The van der Waals surface area contributed by atoms with E-state index in [-0.39, 0.29) is 11.3 Å². The number of benzene rings is 4. The number of ether oxygens (including phenoxy) is 1. The van der Waals surface area contributed by atoms with Gasteiger partial charge < -0.3 is 9.64 Å². The summed E-state index contributed by atoms with van der Waals surface area (Å²) in [6, 6.07) is 30.9. The highest BCUT2D eigenvalue weighted by Crippen LogP contribution is 2.40. The Morgan fingerprint density at radius 1 is 0.949 bits per heavy atom. The van der Waals surface area contributed by atoms with Crippen molar-refractivity contribution in [1.29, 1.82) is 0 Å². The summed E-state index contributed by atoms with van der Waals surface area (Å²) in [5.41, 5.74) is 5.23. The Kier molecular flexibility index (Phi) is 6.67. The van der Waals surface area contributed by atoms with Crippen LogP contribution in [-0.2, 0) is 0 Å². The maximum atomic E-state index is 12.6. The first kappa shape index (κ1) is 24.9. The van der Waals surface area contributed by atoms with Crippen molar-refractivity contribution >= 4 is 51.1 Å². The smallest absolute Gasteiger partial charge is 0.311 e. The first-order valence-electron chi connectivity index (χ1n) is 12.8. The number of anilines is 1. The van der Waals surface area contributed by atoms with Gasteiger partial charge >= 0.3 is 5.24 Å². The number of nitrogens with zero attached hydrogens (tertiary/aromatic N) is 4. The van der Waals surface area contributed by atoms with Crippen LogP contribution in [0.25, 0.3) is 16.8 Å². The van der Waals surface area contributed by atoms with Crippen molar-refractivity contribution in [3.63, 3.8) is 0 Å². The fraction of sp³-hybridized carbons (Fsp3) is 0.156. The molecule has 2 heterocycles. The van der Waals surface area contributed by atoms with Gasteiger partial charge in [0.05, 0.1) is 23.8 Å². The molecule has 1 amide bonds. The van der Waals surface area contributed by atoms with Crippen molar-refractivity contribution in [2.45, 2.75) is 12.5 Å². The molecule has 4 aromatic rings. The Morgan fingerprint density at radius 3 is 2.41 bits per heavy atom. The normalized spacial score (nSPS) is 18.0. The first-order valence-corrected chi connectivity index (χ1v) is 13.6. The van der Waals surface area contributed by atoms with Crippen LogP contribution in [-0.4, -0.2) is 43.0 Å². The van der Waals surface area contributed by atoms with E-state index in [1.807, 2.05) is 49.4 Å². The lowest BCUT2D eigenvalue weighted by Gasteiger charge is -2.24.